The molecule has 0 saturated heterocycles. The second-order valence-electron chi connectivity index (χ2n) is 4.31. The number of carbonyl (C=O) groups is 1. The zero-order valence-electron chi connectivity index (χ0n) is 11.8. The maximum absolute atomic E-state index is 11.2. The normalized spacial score (nSPS) is 10.5. The van der Waals surface area contributed by atoms with Crippen LogP contribution in [0.2, 0.25) is 0 Å². The monoisotopic (exact) mass is 266 g/mol. The molecule has 1 aromatic carbocycles. The lowest BCUT2D eigenvalue weighted by Crippen LogP contribution is -2.27. The molecule has 0 heterocycles. The predicted octanol–water partition coefficient (Wildman–Crippen LogP) is 2.14. The highest BCUT2D eigenvalue weighted by atomic mass is 16.5. The van der Waals surface area contributed by atoms with Gasteiger partial charge in [0.05, 0.1) is 12.2 Å². The van der Waals surface area contributed by atoms with Crippen molar-refractivity contribution < 1.29 is 14.6 Å². The number of nitrogens with two attached hydrogens (primary N) is 1. The van der Waals surface area contributed by atoms with E-state index in [-0.39, 0.29) is 5.56 Å². The van der Waals surface area contributed by atoms with Crippen LogP contribution < -0.4 is 10.6 Å². The van der Waals surface area contributed by atoms with Crippen LogP contribution in [0, 0.1) is 6.92 Å². The summed E-state index contributed by atoms with van der Waals surface area (Å²) in [6.45, 7) is 8.61. The van der Waals surface area contributed by atoms with Gasteiger partial charge in [-0.15, -0.1) is 0 Å². The summed E-state index contributed by atoms with van der Waals surface area (Å²) in [6, 6.07) is 3.54. The summed E-state index contributed by atoms with van der Waals surface area (Å²) in [6.07, 6.45) is 0. The van der Waals surface area contributed by atoms with E-state index >= 15 is 0 Å². The maximum atomic E-state index is 11.2. The number of hydrogen-bond acceptors (Lipinski definition) is 4. The zero-order valence-corrected chi connectivity index (χ0v) is 11.8. The Kier molecular flexibility index (Phi) is 5.63. The summed E-state index contributed by atoms with van der Waals surface area (Å²) >= 11 is 0. The number of hydrogen-bond donors (Lipinski definition) is 2. The van der Waals surface area contributed by atoms with Crippen molar-refractivity contribution in [3.8, 4) is 0 Å². The van der Waals surface area contributed by atoms with Crippen LogP contribution in [0.1, 0.15) is 29.8 Å². The quantitative estimate of drug-likeness (QED) is 0.584. The van der Waals surface area contributed by atoms with Crippen LogP contribution in [0.3, 0.4) is 0 Å². The smallest absolute Gasteiger partial charge is 0.337 e. The van der Waals surface area contributed by atoms with Crippen molar-refractivity contribution in [3.63, 3.8) is 0 Å². The molecule has 0 spiro atoms. The number of likely N-dealkylation sites (N-methyl/N-ethyl adjacent to an activating group) is 1. The van der Waals surface area contributed by atoms with Crippen LogP contribution >= 0.6 is 0 Å². The molecule has 5 heteroatoms. The van der Waals surface area contributed by atoms with Crippen LogP contribution in [0.5, 0.6) is 0 Å². The molecule has 0 aliphatic carbocycles. The standard InChI is InChI=1S/C14H22N2O3/c1-4-16(6-7-19-5-2)11-8-10(3)13(15)12(9-11)14(17)18/h8-9H,4-7,15H2,1-3H3,(H,17,18). The van der Waals surface area contributed by atoms with Crippen molar-refractivity contribution in [1.29, 1.82) is 0 Å². The van der Waals surface area contributed by atoms with E-state index in [1.54, 1.807) is 6.07 Å². The third-order valence-corrected chi connectivity index (χ3v) is 3.06. The molecule has 1 aromatic rings. The molecular weight excluding hydrogens is 244 g/mol. The summed E-state index contributed by atoms with van der Waals surface area (Å²) in [5.74, 6) is -0.997. The first-order valence-electron chi connectivity index (χ1n) is 6.47. The van der Waals surface area contributed by atoms with Crippen LogP contribution in [-0.2, 0) is 4.74 Å². The van der Waals surface area contributed by atoms with Gasteiger partial charge in [0.15, 0.2) is 0 Å². The maximum Gasteiger partial charge on any atom is 0.337 e. The Morgan fingerprint density at radius 1 is 1.42 bits per heavy atom. The van der Waals surface area contributed by atoms with Gasteiger partial charge in [-0.2, -0.15) is 0 Å². The fourth-order valence-electron chi connectivity index (χ4n) is 1.93. The summed E-state index contributed by atoms with van der Waals surface area (Å²) in [5, 5.41) is 9.16. The van der Waals surface area contributed by atoms with Gasteiger partial charge in [0.2, 0.25) is 0 Å². The molecule has 0 aliphatic rings. The topological polar surface area (TPSA) is 75.8 Å². The van der Waals surface area contributed by atoms with Crippen molar-refractivity contribution in [1.82, 2.24) is 0 Å². The number of carboxylic acid groups (broad SMARTS) is 1. The second-order valence-corrected chi connectivity index (χ2v) is 4.31. The van der Waals surface area contributed by atoms with Gasteiger partial charge in [-0.1, -0.05) is 0 Å². The Bertz CT molecular complexity index is 447. The van der Waals surface area contributed by atoms with E-state index in [1.165, 1.54) is 0 Å². The number of benzene rings is 1. The number of nitrogens with zero attached hydrogens (tertiary/aromatic N) is 1. The first kappa shape index (κ1) is 15.3. The van der Waals surface area contributed by atoms with Crippen molar-refractivity contribution in [2.24, 2.45) is 0 Å². The summed E-state index contributed by atoms with van der Waals surface area (Å²) in [5.41, 5.74) is 7.93. The van der Waals surface area contributed by atoms with Gasteiger partial charge in [-0.05, 0) is 38.5 Å². The number of carboxylic acids is 1. The van der Waals surface area contributed by atoms with Crippen LogP contribution in [0.4, 0.5) is 11.4 Å². The molecule has 0 radical (unpaired) electrons. The minimum Gasteiger partial charge on any atom is -0.478 e. The van der Waals surface area contributed by atoms with E-state index in [0.717, 1.165) is 24.3 Å². The molecule has 3 N–H and O–H groups in total. The molecule has 0 unspecified atom stereocenters. The van der Waals surface area contributed by atoms with E-state index in [0.29, 0.717) is 18.9 Å². The van der Waals surface area contributed by atoms with Crippen molar-refractivity contribution in [2.75, 3.05) is 36.9 Å². The highest BCUT2D eigenvalue weighted by Gasteiger charge is 2.14. The van der Waals surface area contributed by atoms with Gasteiger partial charge in [-0.25, -0.2) is 4.79 Å². The van der Waals surface area contributed by atoms with Crippen molar-refractivity contribution in [3.05, 3.63) is 23.3 Å². The lowest BCUT2D eigenvalue weighted by atomic mass is 10.1. The van der Waals surface area contributed by atoms with Crippen molar-refractivity contribution >= 4 is 17.3 Å². The molecular formula is C14H22N2O3. The Morgan fingerprint density at radius 2 is 2.11 bits per heavy atom. The van der Waals surface area contributed by atoms with Crippen LogP contribution in [0.25, 0.3) is 0 Å². The molecule has 0 bridgehead atoms. The number of rotatable bonds is 7. The Hall–Kier alpha value is -1.75. The molecule has 106 valence electrons. The largest absolute Gasteiger partial charge is 0.478 e. The Balaban J connectivity index is 3.00. The third kappa shape index (κ3) is 3.86. The first-order chi connectivity index (χ1) is 9.01. The fourth-order valence-corrected chi connectivity index (χ4v) is 1.93. The van der Waals surface area contributed by atoms with Crippen LogP contribution in [-0.4, -0.2) is 37.4 Å². The fraction of sp³-hybridized carbons (Fsp3) is 0.500. The number of anilines is 2. The van der Waals surface area contributed by atoms with Gasteiger partial charge in [0.25, 0.3) is 0 Å². The molecule has 0 amide bonds. The van der Waals surface area contributed by atoms with E-state index in [2.05, 4.69) is 4.90 Å². The molecule has 0 aliphatic heterocycles. The Labute approximate surface area is 114 Å². The number of nitrogen functional groups attached to an aromatic ring is 1. The van der Waals surface area contributed by atoms with Crippen LogP contribution in [0.15, 0.2) is 12.1 Å². The van der Waals surface area contributed by atoms with Gasteiger partial charge < -0.3 is 20.5 Å². The molecule has 0 fully saturated rings. The highest BCUT2D eigenvalue weighted by molar-refractivity contribution is 5.95. The van der Waals surface area contributed by atoms with E-state index in [1.807, 2.05) is 26.8 Å². The highest BCUT2D eigenvalue weighted by Crippen LogP contribution is 2.25. The second kappa shape index (κ2) is 6.99. The first-order valence-corrected chi connectivity index (χ1v) is 6.47. The van der Waals surface area contributed by atoms with Gasteiger partial charge in [-0.3, -0.25) is 0 Å². The molecule has 19 heavy (non-hydrogen) atoms. The van der Waals surface area contributed by atoms with Gasteiger partial charge in [0.1, 0.15) is 0 Å². The summed E-state index contributed by atoms with van der Waals surface area (Å²) < 4.78 is 5.34. The zero-order chi connectivity index (χ0) is 14.4. The predicted molar refractivity (Wildman–Crippen MR) is 76.9 cm³/mol. The molecule has 5 nitrogen and oxygen atoms in total. The average Bonchev–Trinajstić information content (AvgIpc) is 2.37. The Morgan fingerprint density at radius 3 is 2.63 bits per heavy atom. The SMILES string of the molecule is CCOCCN(CC)c1cc(C)c(N)c(C(=O)O)c1. The van der Waals surface area contributed by atoms with E-state index < -0.39 is 5.97 Å². The van der Waals surface area contributed by atoms with Gasteiger partial charge >= 0.3 is 5.97 Å². The third-order valence-electron chi connectivity index (χ3n) is 3.06. The molecule has 1 rings (SSSR count). The summed E-state index contributed by atoms with van der Waals surface area (Å²) in [7, 11) is 0. The minimum absolute atomic E-state index is 0.157. The lowest BCUT2D eigenvalue weighted by molar-refractivity contribution is 0.0698. The molecule has 0 saturated carbocycles. The minimum atomic E-state index is -0.997. The lowest BCUT2D eigenvalue weighted by Gasteiger charge is -2.24. The number of aromatic carboxylic acids is 1. The van der Waals surface area contributed by atoms with E-state index in [9.17, 15) is 4.79 Å². The van der Waals surface area contributed by atoms with Crippen molar-refractivity contribution in [2.45, 2.75) is 20.8 Å². The average molecular weight is 266 g/mol. The molecule has 0 aromatic heterocycles. The van der Waals surface area contributed by atoms with Gasteiger partial charge in [0, 0.05) is 31.1 Å². The molecule has 0 atom stereocenters. The number of aryl methyl sites for hydroxylation is 1. The summed E-state index contributed by atoms with van der Waals surface area (Å²) in [4.78, 5) is 13.3. The van der Waals surface area contributed by atoms with E-state index in [4.69, 9.17) is 15.6 Å². The number of ether oxygens (including phenoxy) is 1.